The lowest BCUT2D eigenvalue weighted by molar-refractivity contribution is 1.18. The third-order valence-corrected chi connectivity index (χ3v) is 9.80. The number of hydrogen-bond acceptors (Lipinski definition) is 4. The van der Waals surface area contributed by atoms with Crippen LogP contribution in [0.2, 0.25) is 0 Å². The second-order valence-corrected chi connectivity index (χ2v) is 12.8. The van der Waals surface area contributed by atoms with Crippen LogP contribution in [0.5, 0.6) is 0 Å². The molecule has 0 aliphatic rings. The minimum absolute atomic E-state index is 0.936. The van der Waals surface area contributed by atoms with Gasteiger partial charge in [0, 0.05) is 38.4 Å². The van der Waals surface area contributed by atoms with Gasteiger partial charge in [-0.2, -0.15) is 0 Å². The summed E-state index contributed by atoms with van der Waals surface area (Å²) in [5.41, 5.74) is 13.9. The van der Waals surface area contributed by atoms with Crippen molar-refractivity contribution in [3.05, 3.63) is 176 Å². The molecule has 0 saturated carbocycles. The van der Waals surface area contributed by atoms with E-state index in [4.69, 9.17) is 9.97 Å². The van der Waals surface area contributed by atoms with Gasteiger partial charge in [-0.25, -0.2) is 19.9 Å². The van der Waals surface area contributed by atoms with E-state index in [-0.39, 0.29) is 0 Å². The van der Waals surface area contributed by atoms with Crippen LogP contribution < -0.4 is 0 Å². The average Bonchev–Trinajstić information content (AvgIpc) is 3.54. The number of para-hydroxylation sites is 3. The monoisotopic (exact) mass is 651 g/mol. The van der Waals surface area contributed by atoms with Crippen molar-refractivity contribution in [3.8, 4) is 50.5 Å². The van der Waals surface area contributed by atoms with E-state index in [2.05, 4.69) is 142 Å². The maximum Gasteiger partial charge on any atom is 0.116 e. The molecule has 3 aromatic heterocycles. The molecule has 0 aliphatic carbocycles. The van der Waals surface area contributed by atoms with Crippen LogP contribution in [-0.4, -0.2) is 24.5 Å². The second kappa shape index (κ2) is 11.9. The van der Waals surface area contributed by atoms with Crippen LogP contribution in [-0.2, 0) is 0 Å². The van der Waals surface area contributed by atoms with Crippen molar-refractivity contribution in [1.29, 1.82) is 0 Å². The highest BCUT2D eigenvalue weighted by Gasteiger charge is 2.16. The maximum absolute atomic E-state index is 4.70. The quantitative estimate of drug-likeness (QED) is 0.186. The molecule has 0 amide bonds. The van der Waals surface area contributed by atoms with E-state index in [9.17, 15) is 0 Å². The first kappa shape index (κ1) is 29.0. The Morgan fingerprint density at radius 3 is 1.29 bits per heavy atom. The van der Waals surface area contributed by atoms with Gasteiger partial charge in [0.15, 0.2) is 0 Å². The van der Waals surface area contributed by atoms with Gasteiger partial charge >= 0.3 is 0 Å². The first-order chi connectivity index (χ1) is 25.3. The summed E-state index contributed by atoms with van der Waals surface area (Å²) in [5, 5.41) is 4.49. The maximum atomic E-state index is 4.70. The van der Waals surface area contributed by atoms with Crippen LogP contribution in [0.4, 0.5) is 0 Å². The van der Waals surface area contributed by atoms with E-state index < -0.39 is 0 Å². The third kappa shape index (κ3) is 4.94. The van der Waals surface area contributed by atoms with Gasteiger partial charge in [0.05, 0.1) is 33.5 Å². The highest BCUT2D eigenvalue weighted by atomic mass is 15.0. The first-order valence-corrected chi connectivity index (χ1v) is 17.0. The fourth-order valence-electron chi connectivity index (χ4n) is 7.40. The minimum atomic E-state index is 0.936. The zero-order valence-electron chi connectivity index (χ0n) is 27.5. The van der Waals surface area contributed by atoms with E-state index in [1.54, 1.807) is 12.7 Å². The molecule has 51 heavy (non-hydrogen) atoms. The average molecular weight is 652 g/mol. The fourth-order valence-corrected chi connectivity index (χ4v) is 7.40. The summed E-state index contributed by atoms with van der Waals surface area (Å²) < 4.78 is 2.37. The van der Waals surface area contributed by atoms with Gasteiger partial charge in [0.1, 0.15) is 12.7 Å². The zero-order valence-corrected chi connectivity index (χ0v) is 27.5. The summed E-state index contributed by atoms with van der Waals surface area (Å²) in [4.78, 5) is 18.4. The largest absolute Gasteiger partial charge is 0.309 e. The van der Waals surface area contributed by atoms with Crippen molar-refractivity contribution in [3.63, 3.8) is 0 Å². The van der Waals surface area contributed by atoms with Gasteiger partial charge in [0.25, 0.3) is 0 Å². The Balaban J connectivity index is 1.14. The Morgan fingerprint density at radius 2 is 0.765 bits per heavy atom. The molecule has 0 saturated heterocycles. The molecule has 0 aliphatic heterocycles. The molecule has 238 valence electrons. The molecule has 0 N–H and O–H groups in total. The van der Waals surface area contributed by atoms with Gasteiger partial charge in [-0.3, -0.25) is 0 Å². The van der Waals surface area contributed by atoms with Crippen molar-refractivity contribution >= 4 is 43.6 Å². The van der Waals surface area contributed by atoms with Gasteiger partial charge in [-0.1, -0.05) is 103 Å². The van der Waals surface area contributed by atoms with Gasteiger partial charge in [0.2, 0.25) is 0 Å². The van der Waals surface area contributed by atoms with E-state index >= 15 is 0 Å². The Labute approximate surface area is 294 Å². The smallest absolute Gasteiger partial charge is 0.116 e. The van der Waals surface area contributed by atoms with E-state index in [0.29, 0.717) is 0 Å². The van der Waals surface area contributed by atoms with Gasteiger partial charge in [-0.15, -0.1) is 0 Å². The van der Waals surface area contributed by atoms with Crippen LogP contribution in [0, 0.1) is 0 Å². The lowest BCUT2D eigenvalue weighted by Gasteiger charge is -2.10. The molecule has 10 aromatic rings. The molecule has 0 unspecified atom stereocenters. The molecule has 5 nitrogen and oxygen atoms in total. The molecule has 0 bridgehead atoms. The van der Waals surface area contributed by atoms with Crippen molar-refractivity contribution < 1.29 is 0 Å². The topological polar surface area (TPSA) is 56.5 Å². The number of fused-ring (bicyclic) bond motifs is 5. The summed E-state index contributed by atoms with van der Waals surface area (Å²) in [6.45, 7) is 0. The highest BCUT2D eigenvalue weighted by molar-refractivity contribution is 6.12. The molecular formula is C46H29N5. The molecule has 3 heterocycles. The lowest BCUT2D eigenvalue weighted by Crippen LogP contribution is -1.93. The van der Waals surface area contributed by atoms with Crippen LogP contribution >= 0.6 is 0 Å². The molecule has 0 fully saturated rings. The molecule has 0 spiro atoms. The number of nitrogens with zero attached hydrogens (tertiary/aromatic N) is 5. The Bertz CT molecular complexity index is 2740. The predicted octanol–water partition coefficient (Wildman–Crippen LogP) is 11.3. The highest BCUT2D eigenvalue weighted by Crippen LogP contribution is 2.39. The number of hydrogen-bond donors (Lipinski definition) is 0. The molecule has 7 aromatic carbocycles. The summed E-state index contributed by atoms with van der Waals surface area (Å²) in [6.07, 6.45) is 3.30. The normalized spacial score (nSPS) is 11.5. The summed E-state index contributed by atoms with van der Waals surface area (Å²) >= 11 is 0. The van der Waals surface area contributed by atoms with Crippen molar-refractivity contribution in [2.45, 2.75) is 0 Å². The Kier molecular flexibility index (Phi) is 6.74. The van der Waals surface area contributed by atoms with Crippen LogP contribution in [0.15, 0.2) is 176 Å². The predicted molar refractivity (Wildman–Crippen MR) is 209 cm³/mol. The SMILES string of the molecule is c1ccc(-n2c3ccc(-c4cccc(-c5ncnc6ccccc56)c4)cc3c3cc(-c4cccc(-c5ncnc6ccccc56)c4)ccc32)cc1. The standard InChI is InChI=1S/C46H29N5/c1-2-14-36(15-3-1)51-43-22-20-32(30-10-8-12-34(24-30)45-37-16-4-6-18-41(37)47-28-49-45)26-39(43)40-27-33(21-23-44(40)51)31-11-9-13-35(25-31)46-38-17-5-7-19-42(38)48-29-50-46/h1-29H. The van der Waals surface area contributed by atoms with E-state index in [1.165, 1.54) is 10.8 Å². The van der Waals surface area contributed by atoms with Gasteiger partial charge < -0.3 is 4.57 Å². The minimum Gasteiger partial charge on any atom is -0.309 e. The summed E-state index contributed by atoms with van der Waals surface area (Å²) in [7, 11) is 0. The van der Waals surface area contributed by atoms with Crippen LogP contribution in [0.3, 0.4) is 0 Å². The van der Waals surface area contributed by atoms with Crippen molar-refractivity contribution in [2.75, 3.05) is 0 Å². The fraction of sp³-hybridized carbons (Fsp3) is 0. The summed E-state index contributed by atoms with van der Waals surface area (Å²) in [5.74, 6) is 0. The molecule has 0 radical (unpaired) electrons. The molecular weight excluding hydrogens is 623 g/mol. The lowest BCUT2D eigenvalue weighted by atomic mass is 9.97. The van der Waals surface area contributed by atoms with Crippen LogP contribution in [0.25, 0.3) is 94.1 Å². The second-order valence-electron chi connectivity index (χ2n) is 12.8. The molecule has 10 rings (SSSR count). The Morgan fingerprint density at radius 1 is 0.314 bits per heavy atom. The van der Waals surface area contributed by atoms with Crippen molar-refractivity contribution in [1.82, 2.24) is 24.5 Å². The number of benzene rings is 7. The Hall–Kier alpha value is -6.98. The van der Waals surface area contributed by atoms with Gasteiger partial charge in [-0.05, 0) is 82.9 Å². The zero-order chi connectivity index (χ0) is 33.7. The van der Waals surface area contributed by atoms with E-state index in [1.807, 2.05) is 36.4 Å². The number of aromatic nitrogens is 5. The first-order valence-electron chi connectivity index (χ1n) is 17.0. The molecule has 5 heteroatoms. The number of rotatable bonds is 5. The third-order valence-electron chi connectivity index (χ3n) is 9.80. The van der Waals surface area contributed by atoms with Crippen LogP contribution in [0.1, 0.15) is 0 Å². The van der Waals surface area contributed by atoms with E-state index in [0.717, 1.165) is 83.3 Å². The summed E-state index contributed by atoms with van der Waals surface area (Å²) in [6, 6.07) is 57.9. The molecule has 0 atom stereocenters. The van der Waals surface area contributed by atoms with Crippen molar-refractivity contribution in [2.24, 2.45) is 0 Å².